The first-order valence-corrected chi connectivity index (χ1v) is 10.9. The van der Waals surface area contributed by atoms with Crippen molar-refractivity contribution in [2.24, 2.45) is 5.92 Å². The Morgan fingerprint density at radius 1 is 1.14 bits per heavy atom. The summed E-state index contributed by atoms with van der Waals surface area (Å²) >= 11 is 0. The second kappa shape index (κ2) is 12.0. The summed E-state index contributed by atoms with van der Waals surface area (Å²) in [6, 6.07) is 8.16. The van der Waals surface area contributed by atoms with E-state index in [0.717, 1.165) is 62.5 Å². The number of carbonyl (C=O) groups is 1. The van der Waals surface area contributed by atoms with Gasteiger partial charge in [-0.15, -0.1) is 0 Å². The Morgan fingerprint density at radius 2 is 1.89 bits per heavy atom. The number of aliphatic hydroxyl groups excluding tert-OH is 2. The average molecular weight is 389 g/mol. The van der Waals surface area contributed by atoms with Gasteiger partial charge in [-0.25, -0.2) is 0 Å². The highest BCUT2D eigenvalue weighted by molar-refractivity contribution is 5.66. The number of hydrogen-bond acceptors (Lipinski definition) is 3. The van der Waals surface area contributed by atoms with E-state index in [1.165, 1.54) is 0 Å². The molecule has 0 aliphatic heterocycles. The lowest BCUT2D eigenvalue weighted by Gasteiger charge is -2.22. The molecule has 0 spiro atoms. The summed E-state index contributed by atoms with van der Waals surface area (Å²) in [6.07, 6.45) is 12.1. The van der Waals surface area contributed by atoms with Gasteiger partial charge >= 0.3 is 5.97 Å². The first-order valence-electron chi connectivity index (χ1n) is 10.9. The molecule has 4 heteroatoms. The molecule has 3 N–H and O–H groups in total. The number of benzene rings is 1. The molecule has 0 saturated heterocycles. The van der Waals surface area contributed by atoms with Gasteiger partial charge in [-0.1, -0.05) is 62.6 Å². The van der Waals surface area contributed by atoms with E-state index >= 15 is 0 Å². The Bertz CT molecular complexity index is 608. The number of carboxylic acids is 1. The lowest BCUT2D eigenvalue weighted by molar-refractivity contribution is -0.137. The number of rotatable bonds is 12. The molecule has 1 aliphatic rings. The lowest BCUT2D eigenvalue weighted by Crippen LogP contribution is -2.17. The summed E-state index contributed by atoms with van der Waals surface area (Å²) in [7, 11) is 0. The summed E-state index contributed by atoms with van der Waals surface area (Å²) < 4.78 is 0. The fourth-order valence-corrected chi connectivity index (χ4v) is 4.27. The maximum atomic E-state index is 10.5. The van der Waals surface area contributed by atoms with Crippen molar-refractivity contribution in [2.75, 3.05) is 0 Å². The molecular formula is C24H36O4. The molecule has 1 fully saturated rings. The van der Waals surface area contributed by atoms with E-state index in [0.29, 0.717) is 12.3 Å². The summed E-state index contributed by atoms with van der Waals surface area (Å²) in [4.78, 5) is 10.5. The lowest BCUT2D eigenvalue weighted by atomic mass is 9.85. The molecule has 0 aromatic heterocycles. The fraction of sp³-hybridized carbons (Fsp3) is 0.625. The normalized spacial score (nSPS) is 23.3. The summed E-state index contributed by atoms with van der Waals surface area (Å²) in [5.41, 5.74) is 2.11. The van der Waals surface area contributed by atoms with Crippen molar-refractivity contribution < 1.29 is 20.1 Å². The van der Waals surface area contributed by atoms with Gasteiger partial charge in [-0.2, -0.15) is 0 Å². The van der Waals surface area contributed by atoms with Gasteiger partial charge in [0.25, 0.3) is 0 Å². The van der Waals surface area contributed by atoms with Gasteiger partial charge in [0.2, 0.25) is 0 Å². The van der Waals surface area contributed by atoms with Crippen LogP contribution in [-0.2, 0) is 4.79 Å². The highest BCUT2D eigenvalue weighted by Crippen LogP contribution is 2.42. The van der Waals surface area contributed by atoms with Gasteiger partial charge < -0.3 is 15.3 Å². The smallest absolute Gasteiger partial charge is 0.303 e. The molecule has 0 amide bonds. The molecular weight excluding hydrogens is 352 g/mol. The van der Waals surface area contributed by atoms with Crippen molar-refractivity contribution in [1.82, 2.24) is 0 Å². The molecule has 0 heterocycles. The zero-order valence-electron chi connectivity index (χ0n) is 17.1. The van der Waals surface area contributed by atoms with E-state index in [4.69, 9.17) is 5.11 Å². The quantitative estimate of drug-likeness (QED) is 0.333. The van der Waals surface area contributed by atoms with Crippen LogP contribution in [0.25, 0.3) is 0 Å². The van der Waals surface area contributed by atoms with Crippen LogP contribution in [0.5, 0.6) is 0 Å². The maximum Gasteiger partial charge on any atom is 0.303 e. The minimum atomic E-state index is -0.744. The van der Waals surface area contributed by atoms with Gasteiger partial charge in [0.1, 0.15) is 0 Å². The van der Waals surface area contributed by atoms with E-state index < -0.39 is 12.1 Å². The number of aliphatic hydroxyl groups is 2. The third-order valence-electron chi connectivity index (χ3n) is 5.91. The largest absolute Gasteiger partial charge is 0.481 e. The van der Waals surface area contributed by atoms with Crippen LogP contribution in [0.15, 0.2) is 36.4 Å². The molecule has 2 rings (SSSR count). The number of hydrogen-bond donors (Lipinski definition) is 3. The number of allylic oxidation sites excluding steroid dienone is 2. The molecule has 0 bridgehead atoms. The first-order chi connectivity index (χ1) is 13.5. The number of aliphatic carboxylic acids is 1. The van der Waals surface area contributed by atoms with Crippen molar-refractivity contribution in [3.8, 4) is 0 Å². The minimum Gasteiger partial charge on any atom is -0.481 e. The highest BCUT2D eigenvalue weighted by Gasteiger charge is 2.35. The summed E-state index contributed by atoms with van der Waals surface area (Å²) in [6.45, 7) is 2.16. The molecule has 1 saturated carbocycles. The van der Waals surface area contributed by atoms with Crippen LogP contribution in [-0.4, -0.2) is 27.4 Å². The van der Waals surface area contributed by atoms with E-state index in [-0.39, 0.29) is 18.4 Å². The average Bonchev–Trinajstić information content (AvgIpc) is 3.05. The van der Waals surface area contributed by atoms with Crippen LogP contribution in [0.2, 0.25) is 0 Å². The molecule has 1 aliphatic carbocycles. The Labute approximate surface area is 169 Å². The van der Waals surface area contributed by atoms with Crippen LogP contribution in [0.4, 0.5) is 0 Å². The molecule has 1 aromatic rings. The van der Waals surface area contributed by atoms with E-state index in [1.807, 2.05) is 12.1 Å². The molecule has 1 aromatic carbocycles. The molecule has 0 radical (unpaired) electrons. The van der Waals surface area contributed by atoms with Gasteiger partial charge in [-0.05, 0) is 55.6 Å². The van der Waals surface area contributed by atoms with Crippen LogP contribution < -0.4 is 0 Å². The number of unbranched alkanes of at least 4 members (excludes halogenated alkanes) is 3. The highest BCUT2D eigenvalue weighted by atomic mass is 16.4. The summed E-state index contributed by atoms with van der Waals surface area (Å²) in [5, 5.41) is 29.5. The third-order valence-corrected chi connectivity index (χ3v) is 5.91. The zero-order chi connectivity index (χ0) is 20.4. The standard InChI is InChI=1S/C24H36O4/c1-2-3-6-10-21(25)18-12-14-20(15-13-18)24-19(16-17-22(24)26)9-7-4-5-8-11-23(27)28/h4,7,12-15,19,21-22,24-26H,2-3,5-6,8-11,16-17H2,1H3,(H,27,28)/b7-4-. The first kappa shape index (κ1) is 22.6. The van der Waals surface area contributed by atoms with Crippen LogP contribution in [0, 0.1) is 5.92 Å². The van der Waals surface area contributed by atoms with Crippen molar-refractivity contribution in [3.63, 3.8) is 0 Å². The Hall–Kier alpha value is -1.65. The van der Waals surface area contributed by atoms with Crippen LogP contribution in [0.1, 0.15) is 94.3 Å². The second-order valence-electron chi connectivity index (χ2n) is 8.10. The molecule has 4 atom stereocenters. The van der Waals surface area contributed by atoms with Crippen LogP contribution >= 0.6 is 0 Å². The Balaban J connectivity index is 1.90. The molecule has 28 heavy (non-hydrogen) atoms. The zero-order valence-corrected chi connectivity index (χ0v) is 17.1. The Kier molecular flexibility index (Phi) is 9.72. The summed E-state index contributed by atoms with van der Waals surface area (Å²) in [5.74, 6) is -0.202. The van der Waals surface area contributed by atoms with Crippen LogP contribution in [0.3, 0.4) is 0 Å². The molecule has 4 nitrogen and oxygen atoms in total. The van der Waals surface area contributed by atoms with Gasteiger partial charge in [-0.3, -0.25) is 4.79 Å². The minimum absolute atomic E-state index is 0.134. The maximum absolute atomic E-state index is 10.5. The van der Waals surface area contributed by atoms with Crippen molar-refractivity contribution in [1.29, 1.82) is 0 Å². The van der Waals surface area contributed by atoms with E-state index in [1.54, 1.807) is 0 Å². The van der Waals surface area contributed by atoms with E-state index in [9.17, 15) is 15.0 Å². The predicted octanol–water partition coefficient (Wildman–Crippen LogP) is 5.36. The monoisotopic (exact) mass is 388 g/mol. The topological polar surface area (TPSA) is 77.8 Å². The van der Waals surface area contributed by atoms with E-state index in [2.05, 4.69) is 31.2 Å². The third kappa shape index (κ3) is 7.06. The fourth-order valence-electron chi connectivity index (χ4n) is 4.27. The molecule has 4 unspecified atom stereocenters. The van der Waals surface area contributed by atoms with Gasteiger partial charge in [0.15, 0.2) is 0 Å². The van der Waals surface area contributed by atoms with Crippen molar-refractivity contribution in [2.45, 2.75) is 89.3 Å². The second-order valence-corrected chi connectivity index (χ2v) is 8.10. The van der Waals surface area contributed by atoms with Gasteiger partial charge in [0.05, 0.1) is 12.2 Å². The number of carboxylic acid groups (broad SMARTS) is 1. The Morgan fingerprint density at radius 3 is 2.57 bits per heavy atom. The van der Waals surface area contributed by atoms with Gasteiger partial charge in [0, 0.05) is 12.3 Å². The van der Waals surface area contributed by atoms with Crippen molar-refractivity contribution in [3.05, 3.63) is 47.5 Å². The van der Waals surface area contributed by atoms with Crippen molar-refractivity contribution >= 4 is 5.97 Å². The molecule has 156 valence electrons. The predicted molar refractivity (Wildman–Crippen MR) is 112 cm³/mol. The SMILES string of the molecule is CCCCCC(O)c1ccc(C2C(O)CCC2C/C=C\CCCC(=O)O)cc1.